The summed E-state index contributed by atoms with van der Waals surface area (Å²) >= 11 is 0. The molecule has 180 valence electrons. The van der Waals surface area contributed by atoms with Crippen LogP contribution in [0.1, 0.15) is 78.6 Å². The summed E-state index contributed by atoms with van der Waals surface area (Å²) in [6.45, 7) is 8.05. The average molecular weight is 447 g/mol. The monoisotopic (exact) mass is 446 g/mol. The molecular weight excluding hydrogens is 404 g/mol. The van der Waals surface area contributed by atoms with E-state index in [1.54, 1.807) is 4.90 Å². The first-order valence-corrected chi connectivity index (χ1v) is 13.0. The van der Waals surface area contributed by atoms with Gasteiger partial charge in [-0.15, -0.1) is 0 Å². The molecule has 5 fully saturated rings. The van der Waals surface area contributed by atoms with Crippen molar-refractivity contribution in [2.45, 2.75) is 102 Å². The van der Waals surface area contributed by atoms with Gasteiger partial charge in [0.05, 0.1) is 5.54 Å². The molecule has 2 saturated heterocycles. The summed E-state index contributed by atoms with van der Waals surface area (Å²) in [6, 6.07) is 1.21. The van der Waals surface area contributed by atoms with Crippen molar-refractivity contribution in [3.8, 4) is 0 Å². The summed E-state index contributed by atoms with van der Waals surface area (Å²) < 4.78 is 0. The molecule has 3 saturated carbocycles. The van der Waals surface area contributed by atoms with Crippen molar-refractivity contribution in [2.75, 3.05) is 19.6 Å². The van der Waals surface area contributed by atoms with Gasteiger partial charge in [-0.2, -0.15) is 0 Å². The minimum atomic E-state index is -1.12. The van der Waals surface area contributed by atoms with Gasteiger partial charge in [-0.3, -0.25) is 20.4 Å². The van der Waals surface area contributed by atoms with Gasteiger partial charge in [0.15, 0.2) is 0 Å². The van der Waals surface area contributed by atoms with E-state index in [9.17, 15) is 14.7 Å². The van der Waals surface area contributed by atoms with E-state index in [-0.39, 0.29) is 23.3 Å². The van der Waals surface area contributed by atoms with Crippen LogP contribution < -0.4 is 10.9 Å². The maximum Gasteiger partial charge on any atom is 0.254 e. The van der Waals surface area contributed by atoms with Crippen LogP contribution in [0.3, 0.4) is 0 Å². The fourth-order valence-corrected chi connectivity index (χ4v) is 7.19. The van der Waals surface area contributed by atoms with E-state index in [1.807, 2.05) is 4.90 Å². The molecule has 4 atom stereocenters. The van der Waals surface area contributed by atoms with Crippen LogP contribution in [-0.4, -0.2) is 69.6 Å². The highest BCUT2D eigenvalue weighted by Crippen LogP contribution is 2.44. The summed E-state index contributed by atoms with van der Waals surface area (Å²) in [5, 5.41) is 10.2. The molecule has 0 aromatic carbocycles. The Morgan fingerprint density at radius 2 is 1.62 bits per heavy atom. The lowest BCUT2D eigenvalue weighted by atomic mass is 9.67. The third-order valence-electron chi connectivity index (χ3n) is 9.45. The van der Waals surface area contributed by atoms with Crippen molar-refractivity contribution < 1.29 is 14.7 Å². The van der Waals surface area contributed by atoms with Crippen LogP contribution in [-0.2, 0) is 9.59 Å². The molecule has 2 amide bonds. The zero-order valence-corrected chi connectivity index (χ0v) is 20.1. The van der Waals surface area contributed by atoms with E-state index in [0.717, 1.165) is 30.6 Å². The Morgan fingerprint density at radius 3 is 2.28 bits per heavy atom. The number of hydrogen-bond acceptors (Lipinski definition) is 5. The van der Waals surface area contributed by atoms with Gasteiger partial charge in [0.2, 0.25) is 5.91 Å². The molecule has 0 bridgehead atoms. The molecule has 4 unspecified atom stereocenters. The number of aliphatic hydroxyl groups is 1. The van der Waals surface area contributed by atoms with E-state index in [0.29, 0.717) is 44.6 Å². The normalized spacial score (nSPS) is 40.6. The topological polar surface area (TPSA) is 84.9 Å². The lowest BCUT2D eigenvalue weighted by Gasteiger charge is -2.49. The quantitative estimate of drug-likeness (QED) is 0.618. The molecule has 5 aliphatic rings. The van der Waals surface area contributed by atoms with Crippen LogP contribution in [0, 0.1) is 23.7 Å². The number of piperazine rings is 1. The summed E-state index contributed by atoms with van der Waals surface area (Å²) in [7, 11) is 0. The van der Waals surface area contributed by atoms with Gasteiger partial charge in [-0.05, 0) is 96.3 Å². The molecule has 0 spiro atoms. The summed E-state index contributed by atoms with van der Waals surface area (Å²) in [5.74, 6) is 2.60. The lowest BCUT2D eigenvalue weighted by molar-refractivity contribution is -0.156. The predicted octanol–water partition coefficient (Wildman–Crippen LogP) is 2.05. The third-order valence-corrected chi connectivity index (χ3v) is 9.45. The van der Waals surface area contributed by atoms with Gasteiger partial charge in [0, 0.05) is 37.6 Å². The van der Waals surface area contributed by atoms with E-state index < -0.39 is 5.60 Å². The van der Waals surface area contributed by atoms with Gasteiger partial charge < -0.3 is 14.9 Å². The Bertz CT molecular complexity index is 743. The van der Waals surface area contributed by atoms with E-state index in [4.69, 9.17) is 0 Å². The Morgan fingerprint density at radius 1 is 0.938 bits per heavy atom. The number of nitrogens with one attached hydrogen (secondary N) is 2. The van der Waals surface area contributed by atoms with Crippen LogP contribution in [0.5, 0.6) is 0 Å². The second-order valence-electron chi connectivity index (χ2n) is 12.1. The number of amides is 2. The van der Waals surface area contributed by atoms with E-state index in [2.05, 4.69) is 31.6 Å². The van der Waals surface area contributed by atoms with E-state index in [1.165, 1.54) is 32.1 Å². The first-order valence-electron chi connectivity index (χ1n) is 13.0. The standard InChI is InChI=1S/C25H42N4O3/c1-16-20-9-8-19(14-21(20)27-26-16)17-4-6-18(7-5-17)22(30)29-13-12-28(15-24(29,2)3)23(31)25(32)10-11-25/h16-21,26-27,32H,4-15H2,1-3H3. The zero-order chi connectivity index (χ0) is 22.7. The van der Waals surface area contributed by atoms with Gasteiger partial charge in [-0.25, -0.2) is 0 Å². The number of hydrazine groups is 1. The molecule has 3 aliphatic carbocycles. The van der Waals surface area contributed by atoms with E-state index >= 15 is 0 Å². The molecule has 32 heavy (non-hydrogen) atoms. The summed E-state index contributed by atoms with van der Waals surface area (Å²) in [6.07, 6.45) is 9.44. The van der Waals surface area contributed by atoms with Gasteiger partial charge in [0.25, 0.3) is 5.91 Å². The van der Waals surface area contributed by atoms with Crippen molar-refractivity contribution in [2.24, 2.45) is 23.7 Å². The predicted molar refractivity (Wildman–Crippen MR) is 122 cm³/mol. The Kier molecular flexibility index (Phi) is 5.82. The highest BCUT2D eigenvalue weighted by Gasteiger charge is 2.52. The van der Waals surface area contributed by atoms with Crippen LogP contribution in [0.15, 0.2) is 0 Å². The van der Waals surface area contributed by atoms with Gasteiger partial charge in [-0.1, -0.05) is 0 Å². The second kappa shape index (κ2) is 8.24. The van der Waals surface area contributed by atoms with Crippen LogP contribution in [0.4, 0.5) is 0 Å². The summed E-state index contributed by atoms with van der Waals surface area (Å²) in [5.41, 5.74) is 5.45. The molecule has 5 rings (SSSR count). The largest absolute Gasteiger partial charge is 0.380 e. The van der Waals surface area contributed by atoms with Crippen LogP contribution in [0.25, 0.3) is 0 Å². The SMILES string of the molecule is CC1NNC2CC(C3CCC(C(=O)N4CCN(C(=O)C5(O)CC5)CC4(C)C)CC3)CCC12. The second-order valence-corrected chi connectivity index (χ2v) is 12.1. The Balaban J connectivity index is 1.13. The Labute approximate surface area is 192 Å². The fraction of sp³-hybridized carbons (Fsp3) is 0.920. The number of hydrogen-bond donors (Lipinski definition) is 3. The molecule has 2 aliphatic heterocycles. The molecule has 0 aromatic rings. The first-order chi connectivity index (χ1) is 15.2. The number of nitrogens with zero attached hydrogens (tertiary/aromatic N) is 2. The highest BCUT2D eigenvalue weighted by atomic mass is 16.3. The lowest BCUT2D eigenvalue weighted by Crippen LogP contribution is -2.64. The molecule has 7 heteroatoms. The maximum absolute atomic E-state index is 13.5. The fourth-order valence-electron chi connectivity index (χ4n) is 7.19. The molecule has 7 nitrogen and oxygen atoms in total. The van der Waals surface area contributed by atoms with Gasteiger partial charge in [0.1, 0.15) is 5.60 Å². The first kappa shape index (κ1) is 22.6. The number of carbonyl (C=O) groups excluding carboxylic acids is 2. The third kappa shape index (κ3) is 4.09. The minimum Gasteiger partial charge on any atom is -0.380 e. The molecular formula is C25H42N4O3. The molecule has 0 radical (unpaired) electrons. The summed E-state index contributed by atoms with van der Waals surface area (Å²) in [4.78, 5) is 29.9. The Hall–Kier alpha value is -1.18. The minimum absolute atomic E-state index is 0.128. The average Bonchev–Trinajstić information content (AvgIpc) is 3.43. The molecule has 2 heterocycles. The van der Waals surface area contributed by atoms with Gasteiger partial charge >= 0.3 is 0 Å². The zero-order valence-electron chi connectivity index (χ0n) is 20.1. The maximum atomic E-state index is 13.5. The number of fused-ring (bicyclic) bond motifs is 1. The number of rotatable bonds is 3. The number of carbonyl (C=O) groups is 2. The molecule has 3 N–H and O–H groups in total. The van der Waals surface area contributed by atoms with Crippen LogP contribution in [0.2, 0.25) is 0 Å². The van der Waals surface area contributed by atoms with Crippen molar-refractivity contribution in [1.82, 2.24) is 20.7 Å². The highest BCUT2D eigenvalue weighted by molar-refractivity contribution is 5.88. The van der Waals surface area contributed by atoms with Crippen molar-refractivity contribution >= 4 is 11.8 Å². The van der Waals surface area contributed by atoms with Crippen LogP contribution >= 0.6 is 0 Å². The van der Waals surface area contributed by atoms with Crippen molar-refractivity contribution in [3.63, 3.8) is 0 Å². The molecule has 0 aromatic heterocycles. The van der Waals surface area contributed by atoms with Crippen molar-refractivity contribution in [3.05, 3.63) is 0 Å². The smallest absolute Gasteiger partial charge is 0.254 e. The van der Waals surface area contributed by atoms with Crippen molar-refractivity contribution in [1.29, 1.82) is 0 Å².